The Balaban J connectivity index is 1.74. The van der Waals surface area contributed by atoms with Gasteiger partial charge in [0.25, 0.3) is 0 Å². The van der Waals surface area contributed by atoms with E-state index in [1.807, 2.05) is 57.2 Å². The number of benzene rings is 2. The van der Waals surface area contributed by atoms with Crippen molar-refractivity contribution in [3.05, 3.63) is 88.0 Å². The van der Waals surface area contributed by atoms with E-state index in [1.54, 1.807) is 6.07 Å². The van der Waals surface area contributed by atoms with Gasteiger partial charge in [-0.15, -0.1) is 0 Å². The standard InChI is InChI=1S/C38H54Cl2N4O7Si/c1-10-22-48-36(46)42-31(13-11-12-21-41-35(45)49-37(2,3)4)33(51-52(8,9)38(5,6)7)34-43-32(50-44-34)25-26-14-17-28(18-15-26)47-23-20-27-16-19-29(39)30(40)24-27/h10,14-19,24,31,33H,1,11-13,20-23,25H2,2-9H3,(H,41,45)(H,42,46). The number of amides is 2. The maximum Gasteiger partial charge on any atom is 0.407 e. The van der Waals surface area contributed by atoms with Crippen LogP contribution in [-0.4, -0.2) is 62.0 Å². The van der Waals surface area contributed by atoms with Crippen molar-refractivity contribution >= 4 is 43.7 Å². The Bertz CT molecular complexity index is 1600. The molecule has 2 amide bonds. The minimum atomic E-state index is -2.42. The fourth-order valence-electron chi connectivity index (χ4n) is 4.75. The van der Waals surface area contributed by atoms with E-state index in [4.69, 9.17) is 51.3 Å². The predicted octanol–water partition coefficient (Wildman–Crippen LogP) is 9.63. The second kappa shape index (κ2) is 19.5. The van der Waals surface area contributed by atoms with Gasteiger partial charge in [-0.25, -0.2) is 9.59 Å². The maximum absolute atomic E-state index is 12.9. The van der Waals surface area contributed by atoms with Crippen molar-refractivity contribution in [1.82, 2.24) is 20.8 Å². The molecule has 0 aliphatic rings. The second-order valence-corrected chi connectivity index (χ2v) is 20.6. The zero-order valence-corrected chi connectivity index (χ0v) is 34.2. The first-order chi connectivity index (χ1) is 24.4. The molecule has 52 heavy (non-hydrogen) atoms. The molecule has 0 aliphatic heterocycles. The van der Waals surface area contributed by atoms with Gasteiger partial charge in [0, 0.05) is 13.0 Å². The highest BCUT2D eigenvalue weighted by molar-refractivity contribution is 6.74. The smallest absolute Gasteiger partial charge is 0.407 e. The molecule has 3 rings (SSSR count). The summed E-state index contributed by atoms with van der Waals surface area (Å²) in [6.45, 7) is 20.7. The molecule has 2 aromatic carbocycles. The molecule has 3 aromatic rings. The van der Waals surface area contributed by atoms with Crippen LogP contribution in [0, 0.1) is 0 Å². The van der Waals surface area contributed by atoms with Crippen LogP contribution in [0.3, 0.4) is 0 Å². The average molecular weight is 778 g/mol. The normalized spacial score (nSPS) is 13.2. The number of aromatic nitrogens is 2. The van der Waals surface area contributed by atoms with E-state index in [2.05, 4.69) is 56.2 Å². The molecule has 2 unspecified atom stereocenters. The van der Waals surface area contributed by atoms with Crippen LogP contribution in [-0.2, 0) is 26.7 Å². The SMILES string of the molecule is C=CCOC(=O)NC(CCCCNC(=O)OC(C)(C)C)C(O[Si](C)(C)C(C)(C)C)c1noc(Cc2ccc(OCCc3ccc(Cl)c(Cl)c3)cc2)n1. The Hall–Kier alpha value is -3.58. The lowest BCUT2D eigenvalue weighted by atomic mass is 10.0. The van der Waals surface area contributed by atoms with Crippen LogP contribution < -0.4 is 15.4 Å². The Morgan fingerprint density at radius 1 is 0.981 bits per heavy atom. The number of halogens is 2. The Morgan fingerprint density at radius 2 is 1.67 bits per heavy atom. The van der Waals surface area contributed by atoms with Gasteiger partial charge in [-0.3, -0.25) is 0 Å². The number of nitrogens with zero attached hydrogens (tertiary/aromatic N) is 2. The largest absolute Gasteiger partial charge is 0.493 e. The van der Waals surface area contributed by atoms with Crippen LogP contribution >= 0.6 is 23.2 Å². The number of carbonyl (C=O) groups is 2. The molecule has 0 radical (unpaired) electrons. The van der Waals surface area contributed by atoms with Crippen molar-refractivity contribution in [3.8, 4) is 5.75 Å². The summed E-state index contributed by atoms with van der Waals surface area (Å²) in [5.74, 6) is 1.47. The fraction of sp³-hybridized carbons (Fsp3) is 0.526. The molecule has 2 atom stereocenters. The van der Waals surface area contributed by atoms with Gasteiger partial charge in [-0.2, -0.15) is 4.98 Å². The third-order valence-corrected chi connectivity index (χ3v) is 13.7. The van der Waals surface area contributed by atoms with E-state index in [0.717, 1.165) is 16.9 Å². The lowest BCUT2D eigenvalue weighted by Gasteiger charge is -2.40. The summed E-state index contributed by atoms with van der Waals surface area (Å²) in [4.78, 5) is 29.8. The van der Waals surface area contributed by atoms with Gasteiger partial charge < -0.3 is 33.8 Å². The van der Waals surface area contributed by atoms with E-state index in [0.29, 0.717) is 67.0 Å². The first-order valence-electron chi connectivity index (χ1n) is 17.5. The van der Waals surface area contributed by atoms with Gasteiger partial charge in [0.05, 0.1) is 29.1 Å². The van der Waals surface area contributed by atoms with Gasteiger partial charge in [0.15, 0.2) is 8.32 Å². The highest BCUT2D eigenvalue weighted by Gasteiger charge is 2.43. The second-order valence-electron chi connectivity index (χ2n) is 15.1. The number of hydrogen-bond donors (Lipinski definition) is 2. The molecule has 0 saturated heterocycles. The monoisotopic (exact) mass is 776 g/mol. The number of carbonyl (C=O) groups excluding carboxylic acids is 2. The summed E-state index contributed by atoms with van der Waals surface area (Å²) in [5, 5.41) is 11.0. The van der Waals surface area contributed by atoms with Gasteiger partial charge in [-0.1, -0.05) is 80.0 Å². The third-order valence-electron chi connectivity index (χ3n) is 8.50. The zero-order chi connectivity index (χ0) is 38.5. The molecule has 286 valence electrons. The summed E-state index contributed by atoms with van der Waals surface area (Å²) in [6, 6.07) is 12.7. The minimum absolute atomic E-state index is 0.0551. The number of nitrogens with one attached hydrogen (secondary N) is 2. The van der Waals surface area contributed by atoms with Crippen molar-refractivity contribution in [3.63, 3.8) is 0 Å². The summed E-state index contributed by atoms with van der Waals surface area (Å²) < 4.78 is 29.2. The first kappa shape index (κ1) is 42.8. The number of unbranched alkanes of at least 4 members (excludes halogenated alkanes) is 1. The Morgan fingerprint density at radius 3 is 2.31 bits per heavy atom. The van der Waals surface area contributed by atoms with E-state index in [9.17, 15) is 9.59 Å². The van der Waals surface area contributed by atoms with Crippen LogP contribution in [0.4, 0.5) is 9.59 Å². The molecule has 0 aliphatic carbocycles. The van der Waals surface area contributed by atoms with Gasteiger partial charge in [0.2, 0.25) is 11.7 Å². The maximum atomic E-state index is 12.9. The molecular formula is C38H54Cl2N4O7Si. The number of ether oxygens (including phenoxy) is 3. The van der Waals surface area contributed by atoms with Crippen molar-refractivity contribution in [1.29, 1.82) is 0 Å². The van der Waals surface area contributed by atoms with E-state index >= 15 is 0 Å². The first-order valence-corrected chi connectivity index (χ1v) is 21.2. The molecule has 14 heteroatoms. The van der Waals surface area contributed by atoms with Gasteiger partial charge in [-0.05, 0) is 93.6 Å². The molecular weight excluding hydrogens is 723 g/mol. The summed E-state index contributed by atoms with van der Waals surface area (Å²) >= 11 is 12.1. The fourth-order valence-corrected chi connectivity index (χ4v) is 6.32. The molecule has 2 N–H and O–H groups in total. The van der Waals surface area contributed by atoms with Crippen LogP contribution in [0.25, 0.3) is 0 Å². The molecule has 1 aromatic heterocycles. The lowest BCUT2D eigenvalue weighted by molar-refractivity contribution is 0.0526. The van der Waals surface area contributed by atoms with Crippen LogP contribution in [0.5, 0.6) is 5.75 Å². The molecule has 1 heterocycles. The molecule has 0 fully saturated rings. The van der Waals surface area contributed by atoms with E-state index in [1.165, 1.54) is 6.08 Å². The van der Waals surface area contributed by atoms with Crippen molar-refractivity contribution in [2.75, 3.05) is 19.8 Å². The molecule has 0 saturated carbocycles. The number of rotatable bonds is 18. The van der Waals surface area contributed by atoms with Gasteiger partial charge in [0.1, 0.15) is 24.1 Å². The zero-order valence-electron chi connectivity index (χ0n) is 31.6. The highest BCUT2D eigenvalue weighted by Crippen LogP contribution is 2.41. The molecule has 11 nitrogen and oxygen atoms in total. The van der Waals surface area contributed by atoms with E-state index < -0.39 is 38.3 Å². The Kier molecular flexibility index (Phi) is 16.0. The topological polar surface area (TPSA) is 134 Å². The quantitative estimate of drug-likeness (QED) is 0.0736. The predicted molar refractivity (Wildman–Crippen MR) is 207 cm³/mol. The lowest BCUT2D eigenvalue weighted by Crippen LogP contribution is -2.48. The third kappa shape index (κ3) is 14.4. The van der Waals surface area contributed by atoms with E-state index in [-0.39, 0.29) is 11.6 Å². The number of hydrogen-bond acceptors (Lipinski definition) is 9. The number of alkyl carbamates (subject to hydrolysis) is 2. The summed E-state index contributed by atoms with van der Waals surface area (Å²) in [6.07, 6.45) is 2.55. The van der Waals surface area contributed by atoms with Crippen molar-refractivity contribution < 1.29 is 32.7 Å². The minimum Gasteiger partial charge on any atom is -0.493 e. The highest BCUT2D eigenvalue weighted by atomic mass is 35.5. The van der Waals surface area contributed by atoms with Crippen LogP contribution in [0.15, 0.2) is 59.6 Å². The van der Waals surface area contributed by atoms with Crippen molar-refractivity contribution in [2.24, 2.45) is 0 Å². The molecule has 0 spiro atoms. The Labute approximate surface area is 319 Å². The molecule has 0 bridgehead atoms. The van der Waals surface area contributed by atoms with Crippen molar-refractivity contribution in [2.45, 2.75) is 110 Å². The summed E-state index contributed by atoms with van der Waals surface area (Å²) in [7, 11) is -2.42. The van der Waals surface area contributed by atoms with Crippen LogP contribution in [0.2, 0.25) is 28.2 Å². The van der Waals surface area contributed by atoms with Gasteiger partial charge >= 0.3 is 12.2 Å². The summed E-state index contributed by atoms with van der Waals surface area (Å²) in [5.41, 5.74) is 1.40. The van der Waals surface area contributed by atoms with Crippen LogP contribution in [0.1, 0.15) is 89.8 Å². The average Bonchev–Trinajstić information content (AvgIpc) is 3.51.